The van der Waals surface area contributed by atoms with Crippen molar-refractivity contribution >= 4 is 29.7 Å². The highest BCUT2D eigenvalue weighted by molar-refractivity contribution is 6.18. The lowest BCUT2D eigenvalue weighted by atomic mass is 10.2. The van der Waals surface area contributed by atoms with Crippen molar-refractivity contribution in [2.75, 3.05) is 17.7 Å². The van der Waals surface area contributed by atoms with Gasteiger partial charge < -0.3 is 10.6 Å². The van der Waals surface area contributed by atoms with Crippen LogP contribution in [0, 0.1) is 0 Å². The first kappa shape index (κ1) is 31.1. The molecule has 3 rings (SSSR count). The Hall–Kier alpha value is -3.94. The number of aromatic nitrogens is 2. The Balaban J connectivity index is 0.00000112. The lowest BCUT2D eigenvalue weighted by Crippen LogP contribution is -2.23. The van der Waals surface area contributed by atoms with Crippen LogP contribution in [-0.4, -0.2) is 40.2 Å². The van der Waals surface area contributed by atoms with Gasteiger partial charge in [-0.25, -0.2) is 10.0 Å². The second kappa shape index (κ2) is 18.5. The zero-order valence-electron chi connectivity index (χ0n) is 22.2. The summed E-state index contributed by atoms with van der Waals surface area (Å²) in [4.78, 5) is 13.7. The minimum Gasteiger partial charge on any atom is -0.388 e. The second-order valence-corrected chi connectivity index (χ2v) is 6.99. The molecule has 2 heterocycles. The molecule has 8 nitrogen and oxygen atoms in total. The predicted molar refractivity (Wildman–Crippen MR) is 151 cm³/mol. The molecule has 0 spiro atoms. The summed E-state index contributed by atoms with van der Waals surface area (Å²) in [5.41, 5.74) is 4.02. The number of benzene rings is 1. The first-order chi connectivity index (χ1) is 16.9. The number of allylic oxidation sites excluding steroid dienone is 2. The van der Waals surface area contributed by atoms with Gasteiger partial charge in [0.25, 0.3) is 0 Å². The van der Waals surface area contributed by atoms with Crippen LogP contribution in [0.15, 0.2) is 83.5 Å². The lowest BCUT2D eigenvalue weighted by Gasteiger charge is -2.17. The molecule has 1 aromatic carbocycles. The molecule has 0 radical (unpaired) electrons. The van der Waals surface area contributed by atoms with Crippen LogP contribution in [0.3, 0.4) is 0 Å². The summed E-state index contributed by atoms with van der Waals surface area (Å²) in [6.45, 7) is 18.0. The van der Waals surface area contributed by atoms with Gasteiger partial charge in [-0.3, -0.25) is 9.48 Å². The number of anilines is 2. The van der Waals surface area contributed by atoms with Crippen LogP contribution in [0.25, 0.3) is 0 Å². The van der Waals surface area contributed by atoms with Gasteiger partial charge in [0.05, 0.1) is 24.6 Å². The van der Waals surface area contributed by atoms with Crippen molar-refractivity contribution < 1.29 is 4.79 Å². The van der Waals surface area contributed by atoms with Gasteiger partial charge in [0.15, 0.2) is 5.84 Å². The van der Waals surface area contributed by atoms with Crippen LogP contribution >= 0.6 is 0 Å². The number of aryl methyl sites for hydroxylation is 1. The molecule has 0 unspecified atom stereocenters. The maximum absolute atomic E-state index is 9.06. The minimum absolute atomic E-state index is 0.534. The molecule has 2 N–H and O–H groups in total. The average molecular weight is 480 g/mol. The van der Waals surface area contributed by atoms with E-state index in [4.69, 9.17) is 4.79 Å². The Morgan fingerprint density at radius 1 is 1.23 bits per heavy atom. The molecule has 0 aliphatic carbocycles. The Morgan fingerprint density at radius 2 is 1.89 bits per heavy atom. The third kappa shape index (κ3) is 11.7. The van der Waals surface area contributed by atoms with E-state index in [-0.39, 0.29) is 0 Å². The summed E-state index contributed by atoms with van der Waals surface area (Å²) in [7, 11) is 3.77. The fourth-order valence-corrected chi connectivity index (χ4v) is 2.64. The number of hydrogen-bond acceptors (Lipinski definition) is 6. The van der Waals surface area contributed by atoms with E-state index >= 15 is 0 Å². The van der Waals surface area contributed by atoms with Crippen LogP contribution in [0.4, 0.5) is 11.4 Å². The zero-order chi connectivity index (χ0) is 26.6. The number of carbonyl (C=O) groups is 1. The number of carbonyl (C=O) groups excluding carboxylic acids is 1. The molecule has 0 saturated heterocycles. The zero-order valence-corrected chi connectivity index (χ0v) is 22.2. The summed E-state index contributed by atoms with van der Waals surface area (Å²) < 4.78 is 1.72. The number of rotatable bonds is 7. The van der Waals surface area contributed by atoms with Gasteiger partial charge in [0, 0.05) is 31.6 Å². The second-order valence-electron chi connectivity index (χ2n) is 6.99. The highest BCUT2D eigenvalue weighted by Crippen LogP contribution is 2.19. The summed E-state index contributed by atoms with van der Waals surface area (Å²) in [6.07, 6.45) is 10.5. The van der Waals surface area contributed by atoms with Crippen LogP contribution in [0.5, 0.6) is 0 Å². The minimum atomic E-state index is 0.534. The number of hydrazone groups is 1. The van der Waals surface area contributed by atoms with Crippen molar-refractivity contribution in [1.82, 2.24) is 14.8 Å². The van der Waals surface area contributed by atoms with E-state index < -0.39 is 0 Å². The molecular formula is C27H41N7O. The number of nitrogens with zero attached hydrogens (tertiary/aromatic N) is 5. The molecule has 0 bridgehead atoms. The Kier molecular flexibility index (Phi) is 16.4. The molecule has 2 aromatic rings. The van der Waals surface area contributed by atoms with E-state index in [1.165, 1.54) is 12.5 Å². The maximum atomic E-state index is 9.06. The van der Waals surface area contributed by atoms with E-state index in [0.717, 1.165) is 28.3 Å². The van der Waals surface area contributed by atoms with Crippen molar-refractivity contribution in [1.29, 1.82) is 0 Å². The van der Waals surface area contributed by atoms with E-state index in [1.807, 2.05) is 70.5 Å². The number of aldehydes is 1. The summed E-state index contributed by atoms with van der Waals surface area (Å²) in [6, 6.07) is 8.23. The number of aliphatic imine (C=N–C) groups is 1. The van der Waals surface area contributed by atoms with Gasteiger partial charge in [-0.05, 0) is 30.7 Å². The van der Waals surface area contributed by atoms with Gasteiger partial charge in [-0.2, -0.15) is 10.2 Å². The average Bonchev–Trinajstić information content (AvgIpc) is 3.46. The van der Waals surface area contributed by atoms with Crippen molar-refractivity contribution in [2.24, 2.45) is 17.1 Å². The quantitative estimate of drug-likeness (QED) is 0.375. The fourth-order valence-electron chi connectivity index (χ4n) is 2.64. The van der Waals surface area contributed by atoms with Crippen LogP contribution in [0.2, 0.25) is 0 Å². The topological polar surface area (TPSA) is 86.9 Å². The van der Waals surface area contributed by atoms with E-state index in [0.29, 0.717) is 18.7 Å². The highest BCUT2D eigenvalue weighted by atomic mass is 16.1. The van der Waals surface area contributed by atoms with Gasteiger partial charge >= 0.3 is 0 Å². The molecule has 1 aliphatic rings. The Morgan fingerprint density at radius 3 is 2.40 bits per heavy atom. The largest absolute Gasteiger partial charge is 0.388 e. The van der Waals surface area contributed by atoms with Gasteiger partial charge in [0.2, 0.25) is 0 Å². The monoisotopic (exact) mass is 479 g/mol. The predicted octanol–water partition coefficient (Wildman–Crippen LogP) is 6.01. The smallest absolute Gasteiger partial charge is 0.160 e. The van der Waals surface area contributed by atoms with Crippen LogP contribution in [0.1, 0.15) is 46.6 Å². The third-order valence-corrected chi connectivity index (χ3v) is 4.03. The molecule has 8 heteroatoms. The summed E-state index contributed by atoms with van der Waals surface area (Å²) >= 11 is 0. The molecule has 0 saturated carbocycles. The van der Waals surface area contributed by atoms with Crippen LogP contribution < -0.4 is 10.6 Å². The summed E-state index contributed by atoms with van der Waals surface area (Å²) in [5, 5.41) is 16.8. The number of hydrogen-bond donors (Lipinski definition) is 2. The molecular weight excluding hydrogens is 438 g/mol. The molecule has 1 aliphatic heterocycles. The van der Waals surface area contributed by atoms with Gasteiger partial charge in [0.1, 0.15) is 12.1 Å². The standard InChI is InChI=1S/C19H23N7.C3H4O.C3H8.C2H6/c1-5-16-10-22-26(12-15-7-6-8-17(9-15)20-3)19(16)24-14(2)23-18-11-21-25(4)13-18;1-2-3-4;1-3-2;1-2/h5-11,13,20,23H,2,12H2,1,3-4H3;2-3H,1H2;3H2,1-2H3;1-2H3/b16-5-,24-19+;;;. The van der Waals surface area contributed by atoms with Crippen molar-refractivity contribution in [2.45, 2.75) is 47.6 Å². The summed E-state index contributed by atoms with van der Waals surface area (Å²) in [5.74, 6) is 1.30. The molecule has 0 amide bonds. The SMILES string of the molecule is C=C(/N=C1\C(=C/C)C=NN1Cc1cccc(NC)c1)Nc1cnn(C)c1.C=CC=O.CC.CCC. The molecule has 1 aromatic heterocycles. The first-order valence-corrected chi connectivity index (χ1v) is 11.8. The molecule has 190 valence electrons. The molecule has 0 atom stereocenters. The van der Waals surface area contributed by atoms with E-state index in [1.54, 1.807) is 10.9 Å². The number of nitrogens with one attached hydrogen (secondary N) is 2. The Bertz CT molecular complexity index is 996. The maximum Gasteiger partial charge on any atom is 0.160 e. The Labute approximate surface area is 210 Å². The fraction of sp³-hybridized carbons (Fsp3) is 0.333. The van der Waals surface area contributed by atoms with Crippen molar-refractivity contribution in [3.05, 3.63) is 78.9 Å². The first-order valence-electron chi connectivity index (χ1n) is 11.8. The van der Waals surface area contributed by atoms with E-state index in [2.05, 4.69) is 65.0 Å². The van der Waals surface area contributed by atoms with Crippen molar-refractivity contribution in [3.8, 4) is 0 Å². The third-order valence-electron chi connectivity index (χ3n) is 4.03. The highest BCUT2D eigenvalue weighted by Gasteiger charge is 2.20. The molecule has 35 heavy (non-hydrogen) atoms. The van der Waals surface area contributed by atoms with Crippen LogP contribution in [-0.2, 0) is 18.4 Å². The van der Waals surface area contributed by atoms with Crippen molar-refractivity contribution in [3.63, 3.8) is 0 Å². The molecule has 0 fully saturated rings. The lowest BCUT2D eigenvalue weighted by molar-refractivity contribution is -0.104. The van der Waals surface area contributed by atoms with E-state index in [9.17, 15) is 0 Å². The normalized spacial score (nSPS) is 13.5. The number of amidine groups is 1. The van der Waals surface area contributed by atoms with Gasteiger partial charge in [-0.1, -0.05) is 65.5 Å². The van der Waals surface area contributed by atoms with Gasteiger partial charge in [-0.15, -0.1) is 0 Å².